The second-order valence-corrected chi connectivity index (χ2v) is 6.67. The molecule has 0 unspecified atom stereocenters. The summed E-state index contributed by atoms with van der Waals surface area (Å²) < 4.78 is 5.34. The zero-order valence-corrected chi connectivity index (χ0v) is 11.8. The highest BCUT2D eigenvalue weighted by Crippen LogP contribution is 2.39. The number of hydrogen-bond acceptors (Lipinski definition) is 5. The van der Waals surface area contributed by atoms with Gasteiger partial charge in [-0.1, -0.05) is 0 Å². The van der Waals surface area contributed by atoms with Crippen molar-refractivity contribution in [2.24, 2.45) is 5.73 Å². The van der Waals surface area contributed by atoms with Gasteiger partial charge in [0.2, 0.25) is 5.91 Å². The highest BCUT2D eigenvalue weighted by molar-refractivity contribution is 8.00. The van der Waals surface area contributed by atoms with Crippen molar-refractivity contribution in [3.05, 3.63) is 11.3 Å². The number of esters is 1. The summed E-state index contributed by atoms with van der Waals surface area (Å²) in [7, 11) is 0. The fraction of sp³-hybridized carbons (Fsp3) is 0.667. The van der Waals surface area contributed by atoms with Gasteiger partial charge in [0, 0.05) is 5.75 Å². The average molecular weight is 270 g/mol. The van der Waals surface area contributed by atoms with Crippen LogP contribution in [0.15, 0.2) is 11.3 Å². The Morgan fingerprint density at radius 1 is 1.50 bits per heavy atom. The molecular formula is C12H18N2O3S. The van der Waals surface area contributed by atoms with Gasteiger partial charge in [-0.3, -0.25) is 9.69 Å². The first kappa shape index (κ1) is 13.4. The Morgan fingerprint density at radius 3 is 2.67 bits per heavy atom. The number of carbonyl (C=O) groups is 2. The third-order valence-electron chi connectivity index (χ3n) is 2.79. The van der Waals surface area contributed by atoms with E-state index < -0.39 is 17.6 Å². The van der Waals surface area contributed by atoms with Gasteiger partial charge in [0.15, 0.2) is 0 Å². The summed E-state index contributed by atoms with van der Waals surface area (Å²) >= 11 is 1.59. The Balaban J connectivity index is 2.25. The molecule has 6 heteroatoms. The van der Waals surface area contributed by atoms with E-state index in [1.54, 1.807) is 32.5 Å². The number of fused-ring (bicyclic) bond motifs is 1. The zero-order chi connectivity index (χ0) is 13.7. The Kier molecular flexibility index (Phi) is 3.19. The van der Waals surface area contributed by atoms with Crippen molar-refractivity contribution in [1.82, 2.24) is 4.90 Å². The molecule has 0 saturated carbocycles. The van der Waals surface area contributed by atoms with E-state index >= 15 is 0 Å². The molecule has 100 valence electrons. The predicted octanol–water partition coefficient (Wildman–Crippen LogP) is 0.845. The van der Waals surface area contributed by atoms with Crippen molar-refractivity contribution < 1.29 is 14.3 Å². The molecule has 18 heavy (non-hydrogen) atoms. The van der Waals surface area contributed by atoms with Gasteiger partial charge >= 0.3 is 5.97 Å². The first-order valence-corrected chi connectivity index (χ1v) is 6.90. The summed E-state index contributed by atoms with van der Waals surface area (Å²) in [6.45, 7) is 7.26. The average Bonchev–Trinajstić information content (AvgIpc) is 2.25. The van der Waals surface area contributed by atoms with Crippen molar-refractivity contribution >= 4 is 23.6 Å². The molecule has 0 aromatic rings. The number of amides is 1. The second-order valence-electron chi connectivity index (χ2n) is 5.57. The molecule has 1 saturated heterocycles. The van der Waals surface area contributed by atoms with Crippen LogP contribution in [0.4, 0.5) is 0 Å². The number of nitrogens with zero attached hydrogens (tertiary/aromatic N) is 1. The summed E-state index contributed by atoms with van der Waals surface area (Å²) in [4.78, 5) is 25.4. The maximum Gasteiger partial charge on any atom is 0.355 e. The fourth-order valence-corrected chi connectivity index (χ4v) is 3.23. The number of ether oxygens (including phenoxy) is 1. The van der Waals surface area contributed by atoms with Crippen LogP contribution in [0.1, 0.15) is 27.7 Å². The lowest BCUT2D eigenvalue weighted by Crippen LogP contribution is -2.68. The monoisotopic (exact) mass is 270 g/mol. The molecule has 2 atom stereocenters. The van der Waals surface area contributed by atoms with Crippen LogP contribution in [-0.4, -0.2) is 39.5 Å². The van der Waals surface area contributed by atoms with Gasteiger partial charge in [0.25, 0.3) is 0 Å². The lowest BCUT2D eigenvalue weighted by atomic mass is 10.0. The minimum Gasteiger partial charge on any atom is -0.455 e. The number of carbonyl (C=O) groups excluding carboxylic acids is 2. The number of thioether (sulfide) groups is 1. The van der Waals surface area contributed by atoms with Gasteiger partial charge in [0.05, 0.1) is 0 Å². The van der Waals surface area contributed by atoms with Crippen molar-refractivity contribution in [3.63, 3.8) is 0 Å². The lowest BCUT2D eigenvalue weighted by Gasteiger charge is -2.48. The summed E-state index contributed by atoms with van der Waals surface area (Å²) in [5.41, 5.74) is 6.40. The van der Waals surface area contributed by atoms with Crippen LogP contribution in [0, 0.1) is 0 Å². The maximum atomic E-state index is 12.1. The van der Waals surface area contributed by atoms with E-state index in [1.165, 1.54) is 4.90 Å². The van der Waals surface area contributed by atoms with Crippen molar-refractivity contribution in [2.45, 2.75) is 44.7 Å². The van der Waals surface area contributed by atoms with E-state index in [0.717, 1.165) is 5.57 Å². The van der Waals surface area contributed by atoms with Crippen LogP contribution < -0.4 is 5.73 Å². The van der Waals surface area contributed by atoms with E-state index in [1.807, 2.05) is 6.92 Å². The number of hydrogen-bond donors (Lipinski definition) is 1. The summed E-state index contributed by atoms with van der Waals surface area (Å²) in [6.07, 6.45) is 0. The normalized spacial score (nSPS) is 27.8. The van der Waals surface area contributed by atoms with Gasteiger partial charge in [-0.2, -0.15) is 0 Å². The topological polar surface area (TPSA) is 72.6 Å². The molecule has 1 fully saturated rings. The Bertz CT molecular complexity index is 439. The number of β-lactam (4-membered cyclic amide) rings is 1. The molecule has 0 spiro atoms. The minimum absolute atomic E-state index is 0.122. The van der Waals surface area contributed by atoms with E-state index in [9.17, 15) is 9.59 Å². The van der Waals surface area contributed by atoms with Crippen molar-refractivity contribution in [2.75, 3.05) is 5.75 Å². The molecule has 0 radical (unpaired) electrons. The van der Waals surface area contributed by atoms with E-state index in [4.69, 9.17) is 10.5 Å². The molecular weight excluding hydrogens is 252 g/mol. The molecule has 2 heterocycles. The highest BCUT2D eigenvalue weighted by atomic mass is 32.2. The van der Waals surface area contributed by atoms with E-state index in [-0.39, 0.29) is 11.3 Å². The SMILES string of the molecule is CC1=C(C(=O)OC(C)(C)C)N2C(=O)[C@@H](N)[C@@H]2SC1. The molecule has 5 nitrogen and oxygen atoms in total. The standard InChI is InChI=1S/C12H18N2O3S/c1-6-5-18-10-7(13)9(15)14(10)8(6)11(16)17-12(2,3)4/h7,10H,5,13H2,1-4H3/t7-,10+/m1/s1. The van der Waals surface area contributed by atoms with Crippen molar-refractivity contribution in [3.8, 4) is 0 Å². The molecule has 2 aliphatic heterocycles. The first-order valence-electron chi connectivity index (χ1n) is 5.86. The Hall–Kier alpha value is -1.01. The second kappa shape index (κ2) is 4.28. The molecule has 0 bridgehead atoms. The third-order valence-corrected chi connectivity index (χ3v) is 4.24. The maximum absolute atomic E-state index is 12.1. The van der Waals surface area contributed by atoms with Gasteiger partial charge in [0.1, 0.15) is 22.7 Å². The van der Waals surface area contributed by atoms with Gasteiger partial charge < -0.3 is 10.5 Å². The fourth-order valence-electron chi connectivity index (χ4n) is 1.99. The van der Waals surface area contributed by atoms with Crippen LogP contribution in [0.25, 0.3) is 0 Å². The van der Waals surface area contributed by atoms with Gasteiger partial charge in [-0.05, 0) is 33.3 Å². The van der Waals surface area contributed by atoms with Crippen molar-refractivity contribution in [1.29, 1.82) is 0 Å². The zero-order valence-electron chi connectivity index (χ0n) is 11.0. The smallest absolute Gasteiger partial charge is 0.355 e. The van der Waals surface area contributed by atoms with Crippen LogP contribution in [0.2, 0.25) is 0 Å². The highest BCUT2D eigenvalue weighted by Gasteiger charge is 2.51. The minimum atomic E-state index is -0.569. The summed E-state index contributed by atoms with van der Waals surface area (Å²) in [6, 6.07) is -0.500. The molecule has 2 N–H and O–H groups in total. The molecule has 0 aliphatic carbocycles. The largest absolute Gasteiger partial charge is 0.455 e. The third kappa shape index (κ3) is 2.14. The summed E-state index contributed by atoms with van der Waals surface area (Å²) in [5.74, 6) is 0.0643. The van der Waals surface area contributed by atoms with Crippen LogP contribution >= 0.6 is 11.8 Å². The Morgan fingerprint density at radius 2 is 2.11 bits per heavy atom. The lowest BCUT2D eigenvalue weighted by molar-refractivity contribution is -0.158. The van der Waals surface area contributed by atoms with Crippen LogP contribution in [0.5, 0.6) is 0 Å². The predicted molar refractivity (Wildman–Crippen MR) is 69.6 cm³/mol. The van der Waals surface area contributed by atoms with Crippen LogP contribution in [0.3, 0.4) is 0 Å². The molecule has 2 aliphatic rings. The molecule has 2 rings (SSSR count). The molecule has 1 amide bonds. The quantitative estimate of drug-likeness (QED) is 0.565. The van der Waals surface area contributed by atoms with Gasteiger partial charge in [-0.15, -0.1) is 11.8 Å². The Labute approximate surface area is 111 Å². The number of nitrogens with two attached hydrogens (primary N) is 1. The van der Waals surface area contributed by atoms with E-state index in [2.05, 4.69) is 0 Å². The molecule has 0 aromatic carbocycles. The van der Waals surface area contributed by atoms with E-state index in [0.29, 0.717) is 11.4 Å². The molecule has 0 aromatic heterocycles. The number of rotatable bonds is 1. The first-order chi connectivity index (χ1) is 8.22. The summed E-state index contributed by atoms with van der Waals surface area (Å²) in [5, 5.41) is -0.122. The van der Waals surface area contributed by atoms with Crippen LogP contribution in [-0.2, 0) is 14.3 Å². The van der Waals surface area contributed by atoms with Gasteiger partial charge in [-0.25, -0.2) is 4.79 Å².